The number of rotatable bonds is 6. The van der Waals surface area contributed by atoms with Crippen LogP contribution in [0.15, 0.2) is 89.9 Å². The number of benzene rings is 3. The van der Waals surface area contributed by atoms with Crippen molar-refractivity contribution in [2.75, 3.05) is 10.6 Å². The molecule has 8 nitrogen and oxygen atoms in total. The highest BCUT2D eigenvalue weighted by Gasteiger charge is 2.30. The molecule has 6 rings (SSSR count). The predicted octanol–water partition coefficient (Wildman–Crippen LogP) is 4.30. The Morgan fingerprint density at radius 2 is 1.67 bits per heavy atom. The van der Waals surface area contributed by atoms with Gasteiger partial charge in [-0.2, -0.15) is 0 Å². The van der Waals surface area contributed by atoms with Crippen LogP contribution in [0.4, 0.5) is 11.4 Å². The van der Waals surface area contributed by atoms with Crippen LogP contribution in [-0.4, -0.2) is 26.0 Å². The third kappa shape index (κ3) is 4.24. The van der Waals surface area contributed by atoms with Crippen molar-refractivity contribution in [2.24, 2.45) is 5.92 Å². The highest BCUT2D eigenvalue weighted by molar-refractivity contribution is 6.13. The van der Waals surface area contributed by atoms with Crippen LogP contribution in [0.5, 0.6) is 0 Å². The lowest BCUT2D eigenvalue weighted by Gasteiger charge is -2.14. The van der Waals surface area contributed by atoms with Gasteiger partial charge in [-0.3, -0.25) is 14.0 Å². The summed E-state index contributed by atoms with van der Waals surface area (Å²) in [6.45, 7) is 0.267. The Balaban J connectivity index is 1.27. The molecule has 2 aromatic heterocycles. The minimum absolute atomic E-state index is 0.0204. The third-order valence-corrected chi connectivity index (χ3v) is 6.34. The molecule has 1 fully saturated rings. The van der Waals surface area contributed by atoms with Gasteiger partial charge in [0.05, 0.1) is 17.8 Å². The van der Waals surface area contributed by atoms with Gasteiger partial charge in [0.2, 0.25) is 5.91 Å². The second-order valence-electron chi connectivity index (χ2n) is 9.03. The Morgan fingerprint density at radius 3 is 2.44 bits per heavy atom. The van der Waals surface area contributed by atoms with E-state index in [1.54, 1.807) is 30.5 Å². The topological polar surface area (TPSA) is 97.5 Å². The maximum atomic E-state index is 13.4. The number of nitrogens with one attached hydrogen (secondary N) is 2. The van der Waals surface area contributed by atoms with E-state index >= 15 is 0 Å². The molecule has 0 radical (unpaired) electrons. The molecule has 1 saturated carbocycles. The molecule has 2 heterocycles. The monoisotopic (exact) mass is 477 g/mol. The smallest absolute Gasteiger partial charge is 0.325 e. The number of aromatic nitrogens is 3. The number of carbonyl (C=O) groups is 2. The molecule has 1 aliphatic rings. The molecule has 36 heavy (non-hydrogen) atoms. The van der Waals surface area contributed by atoms with E-state index in [0.717, 1.165) is 29.2 Å². The normalized spacial score (nSPS) is 13.1. The van der Waals surface area contributed by atoms with Gasteiger partial charge in [0, 0.05) is 17.8 Å². The Bertz CT molecular complexity index is 1700. The molecule has 0 saturated heterocycles. The molecule has 5 aromatic rings. The summed E-state index contributed by atoms with van der Waals surface area (Å²) in [5, 5.41) is 12.1. The van der Waals surface area contributed by atoms with Gasteiger partial charge in [-0.1, -0.05) is 42.5 Å². The van der Waals surface area contributed by atoms with Gasteiger partial charge in [-0.25, -0.2) is 9.48 Å². The molecule has 0 unspecified atom stereocenters. The lowest BCUT2D eigenvalue weighted by atomic mass is 10.0. The largest absolute Gasteiger partial charge is 0.350 e. The van der Waals surface area contributed by atoms with E-state index in [1.807, 2.05) is 54.6 Å². The first-order valence-corrected chi connectivity index (χ1v) is 11.8. The SMILES string of the molecule is O=C(Nc1cccc(Cn2nc3ccccn3c2=O)c1)c1cc2ccccc2cc1NC(=O)C1CC1. The fraction of sp³-hybridized carbons (Fsp3) is 0.143. The molecule has 1 aliphatic carbocycles. The Morgan fingerprint density at radius 1 is 0.889 bits per heavy atom. The van der Waals surface area contributed by atoms with Gasteiger partial charge in [0.25, 0.3) is 5.91 Å². The van der Waals surface area contributed by atoms with Crippen molar-refractivity contribution in [1.82, 2.24) is 14.2 Å². The van der Waals surface area contributed by atoms with Crippen LogP contribution in [0.1, 0.15) is 28.8 Å². The van der Waals surface area contributed by atoms with E-state index in [9.17, 15) is 14.4 Å². The van der Waals surface area contributed by atoms with E-state index in [4.69, 9.17) is 0 Å². The maximum Gasteiger partial charge on any atom is 0.350 e. The minimum Gasteiger partial charge on any atom is -0.325 e. The summed E-state index contributed by atoms with van der Waals surface area (Å²) >= 11 is 0. The zero-order valence-electron chi connectivity index (χ0n) is 19.3. The fourth-order valence-electron chi connectivity index (χ4n) is 4.30. The van der Waals surface area contributed by atoms with Crippen LogP contribution >= 0.6 is 0 Å². The molecule has 0 atom stereocenters. The van der Waals surface area contributed by atoms with Crippen LogP contribution in [0, 0.1) is 5.92 Å². The number of fused-ring (bicyclic) bond motifs is 2. The molecule has 0 spiro atoms. The average Bonchev–Trinajstić information content (AvgIpc) is 3.69. The second kappa shape index (κ2) is 8.81. The zero-order valence-corrected chi connectivity index (χ0v) is 19.3. The standard InChI is InChI=1S/C28H23N5O3/c34-26(19-11-12-19)30-24-16-21-8-2-1-7-20(21)15-23(24)27(35)29-22-9-5-6-18(14-22)17-33-28(36)32-13-4-3-10-25(32)31-33/h1-10,13-16,19H,11-12,17H2,(H,29,35)(H,30,34). The number of nitrogens with zero attached hydrogens (tertiary/aromatic N) is 3. The van der Waals surface area contributed by atoms with E-state index in [-0.39, 0.29) is 30.0 Å². The first kappa shape index (κ1) is 21.8. The van der Waals surface area contributed by atoms with E-state index < -0.39 is 0 Å². The van der Waals surface area contributed by atoms with Crippen molar-refractivity contribution in [2.45, 2.75) is 19.4 Å². The number of amides is 2. The Labute approximate surface area is 206 Å². The summed E-state index contributed by atoms with van der Waals surface area (Å²) in [4.78, 5) is 38.5. The summed E-state index contributed by atoms with van der Waals surface area (Å²) < 4.78 is 2.88. The average molecular weight is 478 g/mol. The highest BCUT2D eigenvalue weighted by atomic mass is 16.2. The molecule has 0 aliphatic heterocycles. The fourth-order valence-corrected chi connectivity index (χ4v) is 4.30. The molecule has 2 N–H and O–H groups in total. The highest BCUT2D eigenvalue weighted by Crippen LogP contribution is 2.32. The molecule has 8 heteroatoms. The van der Waals surface area contributed by atoms with Gasteiger partial charge in [0.1, 0.15) is 0 Å². The molecule has 2 amide bonds. The molecular formula is C28H23N5O3. The van der Waals surface area contributed by atoms with E-state index in [2.05, 4.69) is 15.7 Å². The predicted molar refractivity (Wildman–Crippen MR) is 138 cm³/mol. The van der Waals surface area contributed by atoms with Crippen molar-refractivity contribution in [3.63, 3.8) is 0 Å². The number of hydrogen-bond acceptors (Lipinski definition) is 4. The molecule has 3 aromatic carbocycles. The van der Waals surface area contributed by atoms with Crippen LogP contribution in [0.3, 0.4) is 0 Å². The second-order valence-corrected chi connectivity index (χ2v) is 9.03. The maximum absolute atomic E-state index is 13.4. The molecular weight excluding hydrogens is 454 g/mol. The van der Waals surface area contributed by atoms with Crippen LogP contribution in [0.25, 0.3) is 16.4 Å². The van der Waals surface area contributed by atoms with Gasteiger partial charge >= 0.3 is 5.69 Å². The van der Waals surface area contributed by atoms with Crippen LogP contribution < -0.4 is 16.3 Å². The summed E-state index contributed by atoms with van der Waals surface area (Å²) in [5.74, 6) is -0.361. The molecule has 178 valence electrons. The molecule has 0 bridgehead atoms. The Hall–Kier alpha value is -4.72. The van der Waals surface area contributed by atoms with E-state index in [0.29, 0.717) is 22.6 Å². The summed E-state index contributed by atoms with van der Waals surface area (Å²) in [6, 6.07) is 24.1. The summed E-state index contributed by atoms with van der Waals surface area (Å²) in [5.41, 5.74) is 2.64. The third-order valence-electron chi connectivity index (χ3n) is 6.34. The van der Waals surface area contributed by atoms with Crippen molar-refractivity contribution in [3.05, 3.63) is 107 Å². The Kier molecular flexibility index (Phi) is 5.33. The number of anilines is 2. The van der Waals surface area contributed by atoms with Gasteiger partial charge in [0.15, 0.2) is 5.65 Å². The number of carbonyl (C=O) groups excluding carboxylic acids is 2. The van der Waals surface area contributed by atoms with Gasteiger partial charge in [-0.05, 0) is 65.6 Å². The number of hydrogen-bond donors (Lipinski definition) is 2. The lowest BCUT2D eigenvalue weighted by Crippen LogP contribution is -2.21. The van der Waals surface area contributed by atoms with Crippen molar-refractivity contribution >= 4 is 39.6 Å². The minimum atomic E-state index is -0.325. The summed E-state index contributed by atoms with van der Waals surface area (Å²) in [7, 11) is 0. The number of pyridine rings is 1. The van der Waals surface area contributed by atoms with Gasteiger partial charge in [-0.15, -0.1) is 5.10 Å². The van der Waals surface area contributed by atoms with Crippen molar-refractivity contribution in [3.8, 4) is 0 Å². The first-order valence-electron chi connectivity index (χ1n) is 11.8. The zero-order chi connectivity index (χ0) is 24.6. The van der Waals surface area contributed by atoms with Gasteiger partial charge < -0.3 is 10.6 Å². The van der Waals surface area contributed by atoms with Crippen LogP contribution in [0.2, 0.25) is 0 Å². The van der Waals surface area contributed by atoms with E-state index in [1.165, 1.54) is 9.08 Å². The first-order chi connectivity index (χ1) is 17.5. The van der Waals surface area contributed by atoms with Crippen molar-refractivity contribution < 1.29 is 9.59 Å². The summed E-state index contributed by atoms with van der Waals surface area (Å²) in [6.07, 6.45) is 3.44. The quantitative estimate of drug-likeness (QED) is 0.381. The van der Waals surface area contributed by atoms with Crippen LogP contribution in [-0.2, 0) is 11.3 Å². The lowest BCUT2D eigenvalue weighted by molar-refractivity contribution is -0.117. The van der Waals surface area contributed by atoms with Crippen molar-refractivity contribution in [1.29, 1.82) is 0 Å².